The van der Waals surface area contributed by atoms with Gasteiger partial charge in [0, 0.05) is 24.2 Å². The van der Waals surface area contributed by atoms with Crippen LogP contribution in [0.15, 0.2) is 81.5 Å². The summed E-state index contributed by atoms with van der Waals surface area (Å²) in [6.45, 7) is 5.53. The third-order valence-electron chi connectivity index (χ3n) is 5.31. The Morgan fingerprint density at radius 1 is 0.938 bits per heavy atom. The second-order valence-corrected chi connectivity index (χ2v) is 9.36. The fourth-order valence-electron chi connectivity index (χ4n) is 3.53. The first-order chi connectivity index (χ1) is 15.8. The summed E-state index contributed by atoms with van der Waals surface area (Å²) in [4.78, 5) is 9.23. The first-order valence-electron chi connectivity index (χ1n) is 10.6. The predicted molar refractivity (Wildman–Crippen MR) is 134 cm³/mol. The van der Waals surface area contributed by atoms with Gasteiger partial charge in [-0.2, -0.15) is 5.10 Å². The standard InChI is InChI=1S/C25H24N4OS2/c1-19-4-8-21(9-5-19)27-25-29(23(18-32-25)24-3-2-16-31-24)26-17-20-6-10-22(11-7-20)28-12-14-30-15-13-28/h2-11,16-18H,12-15H2,1H3. The molecule has 0 bridgehead atoms. The molecule has 0 N–H and O–H groups in total. The molecule has 0 atom stereocenters. The zero-order valence-electron chi connectivity index (χ0n) is 17.8. The number of anilines is 1. The van der Waals surface area contributed by atoms with E-state index in [4.69, 9.17) is 14.8 Å². The quantitative estimate of drug-likeness (QED) is 0.367. The number of ether oxygens (including phenoxy) is 1. The minimum absolute atomic E-state index is 0.788. The van der Waals surface area contributed by atoms with E-state index in [1.165, 1.54) is 16.1 Å². The van der Waals surface area contributed by atoms with E-state index in [0.29, 0.717) is 0 Å². The zero-order valence-corrected chi connectivity index (χ0v) is 19.5. The number of aromatic nitrogens is 1. The lowest BCUT2D eigenvalue weighted by Crippen LogP contribution is -2.36. The summed E-state index contributed by atoms with van der Waals surface area (Å²) in [5.41, 5.74) is 5.48. The summed E-state index contributed by atoms with van der Waals surface area (Å²) in [5.74, 6) is 0. The van der Waals surface area contributed by atoms with Crippen LogP contribution in [0.1, 0.15) is 11.1 Å². The number of rotatable bonds is 5. The molecule has 3 heterocycles. The highest BCUT2D eigenvalue weighted by Crippen LogP contribution is 2.25. The van der Waals surface area contributed by atoms with Crippen LogP contribution in [-0.2, 0) is 4.74 Å². The molecule has 1 aliphatic heterocycles. The lowest BCUT2D eigenvalue weighted by atomic mass is 10.2. The number of nitrogens with zero attached hydrogens (tertiary/aromatic N) is 4. The maximum absolute atomic E-state index is 5.45. The average molecular weight is 461 g/mol. The summed E-state index contributed by atoms with van der Waals surface area (Å²) in [5, 5.41) is 9.04. The number of hydrogen-bond acceptors (Lipinski definition) is 6. The Bertz CT molecular complexity index is 1250. The number of aryl methyl sites for hydroxylation is 1. The summed E-state index contributed by atoms with van der Waals surface area (Å²) in [7, 11) is 0. The molecule has 0 unspecified atom stereocenters. The van der Waals surface area contributed by atoms with Crippen LogP contribution in [0.2, 0.25) is 0 Å². The molecule has 5 nitrogen and oxygen atoms in total. The van der Waals surface area contributed by atoms with E-state index in [2.05, 4.69) is 71.1 Å². The van der Waals surface area contributed by atoms with Gasteiger partial charge in [-0.15, -0.1) is 22.7 Å². The van der Waals surface area contributed by atoms with Crippen molar-refractivity contribution >= 4 is 40.3 Å². The first kappa shape index (κ1) is 20.9. The molecule has 0 radical (unpaired) electrons. The highest BCUT2D eigenvalue weighted by Gasteiger charge is 2.11. The third-order valence-corrected chi connectivity index (χ3v) is 7.02. The van der Waals surface area contributed by atoms with Gasteiger partial charge in [-0.25, -0.2) is 9.67 Å². The van der Waals surface area contributed by atoms with Crippen LogP contribution in [0.3, 0.4) is 0 Å². The van der Waals surface area contributed by atoms with E-state index in [0.717, 1.165) is 48.0 Å². The second-order valence-electron chi connectivity index (χ2n) is 7.58. The maximum Gasteiger partial charge on any atom is 0.211 e. The summed E-state index contributed by atoms with van der Waals surface area (Å²) >= 11 is 3.31. The highest BCUT2D eigenvalue weighted by atomic mass is 32.1. The lowest BCUT2D eigenvalue weighted by Gasteiger charge is -2.28. The van der Waals surface area contributed by atoms with Crippen molar-refractivity contribution in [1.82, 2.24) is 4.68 Å². The summed E-state index contributed by atoms with van der Waals surface area (Å²) in [6.07, 6.45) is 1.90. The molecule has 1 aliphatic rings. The smallest absolute Gasteiger partial charge is 0.211 e. The molecule has 0 spiro atoms. The van der Waals surface area contributed by atoms with Crippen LogP contribution in [0, 0.1) is 6.92 Å². The second kappa shape index (κ2) is 9.65. The fraction of sp³-hybridized carbons (Fsp3) is 0.200. The van der Waals surface area contributed by atoms with Crippen LogP contribution in [0.25, 0.3) is 10.6 Å². The SMILES string of the molecule is Cc1ccc(N=c2scc(-c3cccs3)n2N=Cc2ccc(N3CCOCC3)cc2)cc1. The zero-order chi connectivity index (χ0) is 21.8. The van der Waals surface area contributed by atoms with Crippen molar-refractivity contribution in [3.63, 3.8) is 0 Å². The van der Waals surface area contributed by atoms with Gasteiger partial charge in [-0.3, -0.25) is 0 Å². The Morgan fingerprint density at radius 3 is 2.44 bits per heavy atom. The minimum Gasteiger partial charge on any atom is -0.378 e. The average Bonchev–Trinajstić information content (AvgIpc) is 3.50. The van der Waals surface area contributed by atoms with Crippen molar-refractivity contribution in [3.05, 3.63) is 87.4 Å². The van der Waals surface area contributed by atoms with Gasteiger partial charge in [0.05, 0.1) is 35.7 Å². The summed E-state index contributed by atoms with van der Waals surface area (Å²) in [6, 6.07) is 21.0. The number of hydrogen-bond donors (Lipinski definition) is 0. The van der Waals surface area contributed by atoms with Crippen molar-refractivity contribution in [2.24, 2.45) is 10.1 Å². The van der Waals surface area contributed by atoms with Crippen molar-refractivity contribution in [2.45, 2.75) is 6.92 Å². The van der Waals surface area contributed by atoms with Gasteiger partial charge in [-0.1, -0.05) is 35.9 Å². The molecule has 0 saturated carbocycles. The van der Waals surface area contributed by atoms with Crippen molar-refractivity contribution in [2.75, 3.05) is 31.2 Å². The van der Waals surface area contributed by atoms with E-state index in [9.17, 15) is 0 Å². The van der Waals surface area contributed by atoms with Crippen LogP contribution in [-0.4, -0.2) is 37.2 Å². The van der Waals surface area contributed by atoms with Gasteiger partial charge in [0.2, 0.25) is 4.80 Å². The molecule has 1 fully saturated rings. The van der Waals surface area contributed by atoms with Crippen molar-refractivity contribution in [1.29, 1.82) is 0 Å². The topological polar surface area (TPSA) is 42.1 Å². The Labute approximate surface area is 195 Å². The highest BCUT2D eigenvalue weighted by molar-refractivity contribution is 7.14. The number of morpholine rings is 1. The fourth-order valence-corrected chi connectivity index (χ4v) is 5.18. The van der Waals surface area contributed by atoms with Gasteiger partial charge in [0.25, 0.3) is 0 Å². The molecule has 7 heteroatoms. The molecule has 5 rings (SSSR count). The summed E-state index contributed by atoms with van der Waals surface area (Å²) < 4.78 is 7.39. The van der Waals surface area contributed by atoms with Crippen LogP contribution in [0.4, 0.5) is 11.4 Å². The molecule has 0 amide bonds. The number of thiazole rings is 1. The molecule has 4 aromatic rings. The largest absolute Gasteiger partial charge is 0.378 e. The van der Waals surface area contributed by atoms with Crippen molar-refractivity contribution in [3.8, 4) is 10.6 Å². The molecule has 2 aromatic heterocycles. The van der Waals surface area contributed by atoms with Gasteiger partial charge in [0.15, 0.2) is 0 Å². The molecule has 162 valence electrons. The van der Waals surface area contributed by atoms with E-state index >= 15 is 0 Å². The van der Waals surface area contributed by atoms with Gasteiger partial charge in [0.1, 0.15) is 0 Å². The van der Waals surface area contributed by atoms with E-state index < -0.39 is 0 Å². The van der Waals surface area contributed by atoms with Crippen molar-refractivity contribution < 1.29 is 4.74 Å². The molecule has 1 saturated heterocycles. The monoisotopic (exact) mass is 460 g/mol. The Balaban J connectivity index is 1.47. The van der Waals surface area contributed by atoms with Crippen LogP contribution in [0.5, 0.6) is 0 Å². The van der Waals surface area contributed by atoms with Gasteiger partial charge >= 0.3 is 0 Å². The molecule has 2 aromatic carbocycles. The molecular formula is C25H24N4OS2. The lowest BCUT2D eigenvalue weighted by molar-refractivity contribution is 0.122. The van der Waals surface area contributed by atoms with Crippen LogP contribution < -0.4 is 9.70 Å². The molecular weight excluding hydrogens is 436 g/mol. The molecule has 0 aliphatic carbocycles. The third kappa shape index (κ3) is 4.75. The maximum atomic E-state index is 5.45. The van der Waals surface area contributed by atoms with Gasteiger partial charge in [-0.05, 0) is 48.2 Å². The van der Waals surface area contributed by atoms with Gasteiger partial charge < -0.3 is 9.64 Å². The van der Waals surface area contributed by atoms with E-state index in [1.54, 1.807) is 22.7 Å². The van der Waals surface area contributed by atoms with E-state index in [-0.39, 0.29) is 0 Å². The Hall–Kier alpha value is -3.00. The molecule has 32 heavy (non-hydrogen) atoms. The first-order valence-corrected chi connectivity index (χ1v) is 12.4. The Morgan fingerprint density at radius 2 is 1.72 bits per heavy atom. The predicted octanol–water partition coefficient (Wildman–Crippen LogP) is 5.54. The minimum atomic E-state index is 0.788. The van der Waals surface area contributed by atoms with Crippen LogP contribution >= 0.6 is 22.7 Å². The Kier molecular flexibility index (Phi) is 6.29. The number of benzene rings is 2. The normalized spacial score (nSPS) is 15.0. The van der Waals surface area contributed by atoms with E-state index in [1.807, 2.05) is 23.0 Å². The number of thiophene rings is 1.